The predicted molar refractivity (Wildman–Crippen MR) is 121 cm³/mol. The van der Waals surface area contributed by atoms with Crippen LogP contribution in [0.25, 0.3) is 0 Å². The number of nitrogens with one attached hydrogen (secondary N) is 2. The van der Waals surface area contributed by atoms with Crippen molar-refractivity contribution in [3.63, 3.8) is 0 Å². The SMILES string of the molecule is CN=C(NCCCOCc1ccco1)NCC(C)Oc1ccc(OC)cc1.I. The van der Waals surface area contributed by atoms with Gasteiger partial charge in [-0.15, -0.1) is 24.0 Å². The summed E-state index contributed by atoms with van der Waals surface area (Å²) in [6, 6.07) is 11.3. The van der Waals surface area contributed by atoms with E-state index in [9.17, 15) is 0 Å². The number of methoxy groups -OCH3 is 1. The fourth-order valence-corrected chi connectivity index (χ4v) is 2.34. The summed E-state index contributed by atoms with van der Waals surface area (Å²) in [5.41, 5.74) is 0. The first-order chi connectivity index (χ1) is 13.2. The number of nitrogens with zero attached hydrogens (tertiary/aromatic N) is 1. The predicted octanol–water partition coefficient (Wildman–Crippen LogP) is 3.45. The first kappa shape index (κ1) is 24.1. The minimum Gasteiger partial charge on any atom is -0.497 e. The van der Waals surface area contributed by atoms with E-state index in [1.165, 1.54) is 0 Å². The second-order valence-electron chi connectivity index (χ2n) is 5.97. The Kier molecular flexibility index (Phi) is 12.1. The molecule has 1 heterocycles. The lowest BCUT2D eigenvalue weighted by molar-refractivity contribution is 0.105. The largest absolute Gasteiger partial charge is 0.497 e. The summed E-state index contributed by atoms with van der Waals surface area (Å²) < 4.78 is 21.8. The molecule has 2 N–H and O–H groups in total. The minimum absolute atomic E-state index is 0. The fourth-order valence-electron chi connectivity index (χ4n) is 2.34. The van der Waals surface area contributed by atoms with Crippen molar-refractivity contribution in [3.05, 3.63) is 48.4 Å². The highest BCUT2D eigenvalue weighted by Crippen LogP contribution is 2.17. The molecular weight excluding hydrogens is 473 g/mol. The average molecular weight is 503 g/mol. The highest BCUT2D eigenvalue weighted by molar-refractivity contribution is 14.0. The Labute approximate surface area is 183 Å². The third kappa shape index (κ3) is 9.32. The van der Waals surface area contributed by atoms with Crippen LogP contribution in [0.3, 0.4) is 0 Å². The standard InChI is InChI=1S/C20H29N3O4.HI/c1-16(27-18-9-7-17(24-3)8-10-18)14-23-20(21-2)22-11-5-12-25-15-19-6-4-13-26-19;/h4,6-10,13,16H,5,11-12,14-15H2,1-3H3,(H2,21,22,23);1H. The zero-order valence-corrected chi connectivity index (χ0v) is 19.0. The van der Waals surface area contributed by atoms with Gasteiger partial charge in [0.15, 0.2) is 5.96 Å². The molecule has 28 heavy (non-hydrogen) atoms. The maximum Gasteiger partial charge on any atom is 0.191 e. The van der Waals surface area contributed by atoms with E-state index in [1.54, 1.807) is 20.4 Å². The van der Waals surface area contributed by atoms with Crippen molar-refractivity contribution >= 4 is 29.9 Å². The molecular formula is C20H30IN3O4. The van der Waals surface area contributed by atoms with Crippen molar-refractivity contribution in [3.8, 4) is 11.5 Å². The van der Waals surface area contributed by atoms with Gasteiger partial charge in [0.1, 0.15) is 30.0 Å². The summed E-state index contributed by atoms with van der Waals surface area (Å²) in [4.78, 5) is 4.21. The quantitative estimate of drug-likeness (QED) is 0.212. The Morgan fingerprint density at radius 3 is 2.54 bits per heavy atom. The Morgan fingerprint density at radius 1 is 1.14 bits per heavy atom. The highest BCUT2D eigenvalue weighted by Gasteiger charge is 2.06. The lowest BCUT2D eigenvalue weighted by atomic mass is 10.3. The van der Waals surface area contributed by atoms with Crippen molar-refractivity contribution in [2.75, 3.05) is 33.9 Å². The number of ether oxygens (including phenoxy) is 3. The van der Waals surface area contributed by atoms with Gasteiger partial charge in [0, 0.05) is 20.2 Å². The second-order valence-corrected chi connectivity index (χ2v) is 5.97. The van der Waals surface area contributed by atoms with Crippen molar-refractivity contribution in [1.29, 1.82) is 0 Å². The molecule has 0 amide bonds. The molecule has 0 fully saturated rings. The monoisotopic (exact) mass is 503 g/mol. The van der Waals surface area contributed by atoms with Crippen molar-refractivity contribution in [1.82, 2.24) is 10.6 Å². The molecule has 7 nitrogen and oxygen atoms in total. The van der Waals surface area contributed by atoms with Gasteiger partial charge in [-0.25, -0.2) is 0 Å². The van der Waals surface area contributed by atoms with E-state index < -0.39 is 0 Å². The van der Waals surface area contributed by atoms with Gasteiger partial charge in [0.25, 0.3) is 0 Å². The van der Waals surface area contributed by atoms with E-state index in [0.29, 0.717) is 19.8 Å². The number of halogens is 1. The van der Waals surface area contributed by atoms with E-state index in [2.05, 4.69) is 15.6 Å². The van der Waals surface area contributed by atoms with Crippen LogP contribution in [0.1, 0.15) is 19.1 Å². The lowest BCUT2D eigenvalue weighted by Gasteiger charge is -2.18. The summed E-state index contributed by atoms with van der Waals surface area (Å²) in [5.74, 6) is 3.20. The molecule has 1 unspecified atom stereocenters. The molecule has 0 aliphatic carbocycles. The number of hydrogen-bond donors (Lipinski definition) is 2. The molecule has 2 aromatic rings. The van der Waals surface area contributed by atoms with Crippen LogP contribution in [0.4, 0.5) is 0 Å². The second kappa shape index (κ2) is 14.1. The third-order valence-electron chi connectivity index (χ3n) is 3.76. The van der Waals surface area contributed by atoms with Gasteiger partial charge in [0.2, 0.25) is 0 Å². The summed E-state index contributed by atoms with van der Waals surface area (Å²) >= 11 is 0. The van der Waals surface area contributed by atoms with Crippen LogP contribution in [-0.2, 0) is 11.3 Å². The van der Waals surface area contributed by atoms with Crippen LogP contribution in [-0.4, -0.2) is 45.9 Å². The maximum atomic E-state index is 5.87. The summed E-state index contributed by atoms with van der Waals surface area (Å²) in [6.45, 7) is 4.57. The minimum atomic E-state index is -0.00595. The number of hydrogen-bond acceptors (Lipinski definition) is 5. The first-order valence-corrected chi connectivity index (χ1v) is 9.06. The molecule has 8 heteroatoms. The molecule has 0 bridgehead atoms. The number of rotatable bonds is 11. The normalized spacial score (nSPS) is 12.0. The van der Waals surface area contributed by atoms with Crippen LogP contribution >= 0.6 is 24.0 Å². The fraction of sp³-hybridized carbons (Fsp3) is 0.450. The van der Waals surface area contributed by atoms with Gasteiger partial charge in [-0.05, 0) is 49.7 Å². The maximum absolute atomic E-state index is 5.87. The van der Waals surface area contributed by atoms with Gasteiger partial charge >= 0.3 is 0 Å². The molecule has 0 saturated carbocycles. The molecule has 0 spiro atoms. The molecule has 1 aromatic carbocycles. The van der Waals surface area contributed by atoms with Crippen LogP contribution in [0.15, 0.2) is 52.1 Å². The van der Waals surface area contributed by atoms with Gasteiger partial charge in [0.05, 0.1) is 19.9 Å². The Hall–Kier alpha value is -1.94. The summed E-state index contributed by atoms with van der Waals surface area (Å²) in [7, 11) is 3.39. The topological polar surface area (TPSA) is 77.3 Å². The first-order valence-electron chi connectivity index (χ1n) is 9.06. The number of benzene rings is 1. The zero-order chi connectivity index (χ0) is 19.3. The van der Waals surface area contributed by atoms with Gasteiger partial charge in [-0.3, -0.25) is 4.99 Å². The van der Waals surface area contributed by atoms with Crippen molar-refractivity contribution in [2.24, 2.45) is 4.99 Å². The molecule has 0 aliphatic rings. The van der Waals surface area contributed by atoms with Gasteiger partial charge in [-0.1, -0.05) is 0 Å². The average Bonchev–Trinajstić information content (AvgIpc) is 3.21. The molecule has 0 saturated heterocycles. The van der Waals surface area contributed by atoms with Crippen LogP contribution in [0.5, 0.6) is 11.5 Å². The highest BCUT2D eigenvalue weighted by atomic mass is 127. The van der Waals surface area contributed by atoms with E-state index in [0.717, 1.165) is 36.2 Å². The Morgan fingerprint density at radius 2 is 1.89 bits per heavy atom. The molecule has 1 aromatic heterocycles. The summed E-state index contributed by atoms with van der Waals surface area (Å²) in [5, 5.41) is 6.52. The van der Waals surface area contributed by atoms with Crippen LogP contribution < -0.4 is 20.1 Å². The van der Waals surface area contributed by atoms with Gasteiger partial charge in [-0.2, -0.15) is 0 Å². The van der Waals surface area contributed by atoms with Crippen molar-refractivity contribution in [2.45, 2.75) is 26.1 Å². The summed E-state index contributed by atoms with van der Waals surface area (Å²) in [6.07, 6.45) is 2.52. The smallest absolute Gasteiger partial charge is 0.191 e. The Bertz CT molecular complexity index is 663. The number of furan rings is 1. The zero-order valence-electron chi connectivity index (χ0n) is 16.6. The van der Waals surface area contributed by atoms with E-state index >= 15 is 0 Å². The van der Waals surface area contributed by atoms with Crippen LogP contribution in [0.2, 0.25) is 0 Å². The Balaban J connectivity index is 0.00000392. The van der Waals surface area contributed by atoms with E-state index in [-0.39, 0.29) is 30.1 Å². The molecule has 0 aliphatic heterocycles. The van der Waals surface area contributed by atoms with Crippen molar-refractivity contribution < 1.29 is 18.6 Å². The number of aliphatic imine (C=N–C) groups is 1. The van der Waals surface area contributed by atoms with E-state index in [1.807, 2.05) is 43.3 Å². The molecule has 2 rings (SSSR count). The van der Waals surface area contributed by atoms with Crippen LogP contribution in [0, 0.1) is 0 Å². The third-order valence-corrected chi connectivity index (χ3v) is 3.76. The molecule has 156 valence electrons. The van der Waals surface area contributed by atoms with E-state index in [4.69, 9.17) is 18.6 Å². The molecule has 0 radical (unpaired) electrons. The number of guanidine groups is 1. The molecule has 1 atom stereocenters. The lowest BCUT2D eigenvalue weighted by Crippen LogP contribution is -2.42. The van der Waals surface area contributed by atoms with Gasteiger partial charge < -0.3 is 29.3 Å².